The molecule has 0 aliphatic carbocycles. The summed E-state index contributed by atoms with van der Waals surface area (Å²) in [6, 6.07) is 0. The number of hydrogen-bond acceptors (Lipinski definition) is 2. The van der Waals surface area contributed by atoms with Gasteiger partial charge in [-0.25, -0.2) is 0 Å². The van der Waals surface area contributed by atoms with E-state index in [2.05, 4.69) is 0 Å². The molecule has 0 aromatic heterocycles. The Morgan fingerprint density at radius 1 is 1.44 bits per heavy atom. The Hall–Kier alpha value is -0.790. The van der Waals surface area contributed by atoms with Crippen LogP contribution in [0.3, 0.4) is 0 Å². The van der Waals surface area contributed by atoms with Gasteiger partial charge in [-0.05, 0) is 6.08 Å². The van der Waals surface area contributed by atoms with Crippen molar-refractivity contribution in [1.29, 1.82) is 0 Å². The summed E-state index contributed by atoms with van der Waals surface area (Å²) >= 11 is 0. The van der Waals surface area contributed by atoms with Crippen molar-refractivity contribution in [3.8, 4) is 0 Å². The van der Waals surface area contributed by atoms with Crippen LogP contribution in [0.15, 0.2) is 12.3 Å². The molecule has 0 N–H and O–H groups in total. The van der Waals surface area contributed by atoms with Gasteiger partial charge < -0.3 is 5.11 Å². The first-order valence-electron chi connectivity index (χ1n) is 2.81. The second-order valence-electron chi connectivity index (χ2n) is 2.92. The van der Waals surface area contributed by atoms with Gasteiger partial charge in [0.05, 0.1) is 0 Å². The smallest absolute Gasteiger partial charge is 0.159 e. The summed E-state index contributed by atoms with van der Waals surface area (Å²) < 4.78 is 0. The number of ketones is 1. The van der Waals surface area contributed by atoms with Crippen LogP contribution in [-0.4, -0.2) is 5.78 Å². The van der Waals surface area contributed by atoms with Crippen molar-refractivity contribution in [2.75, 3.05) is 0 Å². The lowest BCUT2D eigenvalue weighted by Crippen LogP contribution is -2.17. The fraction of sp³-hybridized carbons (Fsp3) is 0.571. The molecule has 0 saturated carbocycles. The summed E-state index contributed by atoms with van der Waals surface area (Å²) in [5, 5.41) is 9.79. The van der Waals surface area contributed by atoms with Crippen molar-refractivity contribution >= 4 is 5.78 Å². The van der Waals surface area contributed by atoms with Gasteiger partial charge in [0.15, 0.2) is 5.78 Å². The first-order valence-corrected chi connectivity index (χ1v) is 2.81. The molecular weight excluding hydrogens is 116 g/mol. The van der Waals surface area contributed by atoms with E-state index >= 15 is 0 Å². The Kier molecular flexibility index (Phi) is 2.43. The minimum atomic E-state index is -0.416. The van der Waals surface area contributed by atoms with Crippen LogP contribution in [0.2, 0.25) is 0 Å². The quantitative estimate of drug-likeness (QED) is 0.379. The van der Waals surface area contributed by atoms with E-state index in [0.717, 1.165) is 6.08 Å². The zero-order valence-electron chi connectivity index (χ0n) is 5.97. The van der Waals surface area contributed by atoms with E-state index in [4.69, 9.17) is 0 Å². The van der Waals surface area contributed by atoms with Gasteiger partial charge in [-0.3, -0.25) is 4.79 Å². The van der Waals surface area contributed by atoms with Crippen molar-refractivity contribution in [1.82, 2.24) is 0 Å². The zero-order valence-corrected chi connectivity index (χ0v) is 5.97. The SMILES string of the molecule is CC(C)(C)C(=O)/C=C/[O-]. The van der Waals surface area contributed by atoms with Crippen LogP contribution in [0.1, 0.15) is 20.8 Å². The minimum absolute atomic E-state index is 0.127. The molecule has 0 aromatic carbocycles. The molecule has 0 rings (SSSR count). The molecule has 0 fully saturated rings. The van der Waals surface area contributed by atoms with Crippen molar-refractivity contribution < 1.29 is 9.90 Å². The highest BCUT2D eigenvalue weighted by Gasteiger charge is 2.16. The second kappa shape index (κ2) is 2.67. The number of allylic oxidation sites excluding steroid dienone is 1. The van der Waals surface area contributed by atoms with Crippen LogP contribution in [0.4, 0.5) is 0 Å². The Labute approximate surface area is 55.2 Å². The van der Waals surface area contributed by atoms with Crippen LogP contribution in [0.25, 0.3) is 0 Å². The summed E-state index contributed by atoms with van der Waals surface area (Å²) in [6.07, 6.45) is 1.58. The molecule has 9 heavy (non-hydrogen) atoms. The number of carbonyl (C=O) groups excluding carboxylic acids is 1. The lowest BCUT2D eigenvalue weighted by Gasteiger charge is -2.13. The maximum atomic E-state index is 10.8. The topological polar surface area (TPSA) is 40.1 Å². The monoisotopic (exact) mass is 127 g/mol. The van der Waals surface area contributed by atoms with Crippen LogP contribution >= 0.6 is 0 Å². The van der Waals surface area contributed by atoms with E-state index in [1.807, 2.05) is 0 Å². The van der Waals surface area contributed by atoms with E-state index in [-0.39, 0.29) is 5.78 Å². The predicted octanol–water partition coefficient (Wildman–Crippen LogP) is 0.476. The molecular formula is C7H11O2-. The maximum absolute atomic E-state index is 10.8. The molecule has 2 heteroatoms. The summed E-state index contributed by atoms with van der Waals surface area (Å²) in [5.74, 6) is -0.127. The van der Waals surface area contributed by atoms with Crippen molar-refractivity contribution in [2.45, 2.75) is 20.8 Å². The Morgan fingerprint density at radius 2 is 1.89 bits per heavy atom. The van der Waals surface area contributed by atoms with Gasteiger partial charge in [-0.1, -0.05) is 20.8 Å². The van der Waals surface area contributed by atoms with Crippen LogP contribution in [0.5, 0.6) is 0 Å². The van der Waals surface area contributed by atoms with Gasteiger partial charge in [0.1, 0.15) is 0 Å². The van der Waals surface area contributed by atoms with E-state index in [1.165, 1.54) is 0 Å². The molecule has 2 nitrogen and oxygen atoms in total. The van der Waals surface area contributed by atoms with Gasteiger partial charge in [-0.15, -0.1) is 6.26 Å². The summed E-state index contributed by atoms with van der Waals surface area (Å²) in [6.45, 7) is 5.32. The molecule has 0 aliphatic heterocycles. The average molecular weight is 127 g/mol. The van der Waals surface area contributed by atoms with E-state index in [1.54, 1.807) is 20.8 Å². The van der Waals surface area contributed by atoms with E-state index in [9.17, 15) is 9.90 Å². The van der Waals surface area contributed by atoms with E-state index in [0.29, 0.717) is 6.26 Å². The number of rotatable bonds is 1. The van der Waals surface area contributed by atoms with Crippen LogP contribution < -0.4 is 5.11 Å². The molecule has 0 spiro atoms. The third-order valence-corrected chi connectivity index (χ3v) is 0.959. The molecule has 0 atom stereocenters. The van der Waals surface area contributed by atoms with E-state index < -0.39 is 5.41 Å². The molecule has 0 aliphatic rings. The Balaban J connectivity index is 4.06. The molecule has 0 unspecified atom stereocenters. The summed E-state index contributed by atoms with van der Waals surface area (Å²) in [4.78, 5) is 10.8. The van der Waals surface area contributed by atoms with Crippen molar-refractivity contribution in [3.05, 3.63) is 12.3 Å². The van der Waals surface area contributed by atoms with Gasteiger partial charge >= 0.3 is 0 Å². The summed E-state index contributed by atoms with van der Waals surface area (Å²) in [7, 11) is 0. The summed E-state index contributed by atoms with van der Waals surface area (Å²) in [5.41, 5.74) is -0.416. The third-order valence-electron chi connectivity index (χ3n) is 0.959. The predicted molar refractivity (Wildman–Crippen MR) is 33.6 cm³/mol. The number of hydrogen-bond donors (Lipinski definition) is 0. The van der Waals surface area contributed by atoms with Gasteiger partial charge in [-0.2, -0.15) is 0 Å². The highest BCUT2D eigenvalue weighted by Crippen LogP contribution is 2.14. The fourth-order valence-corrected chi connectivity index (χ4v) is 0.312. The fourth-order valence-electron chi connectivity index (χ4n) is 0.312. The lowest BCUT2D eigenvalue weighted by atomic mass is 9.91. The van der Waals surface area contributed by atoms with Crippen molar-refractivity contribution in [2.24, 2.45) is 5.41 Å². The molecule has 0 bridgehead atoms. The number of carbonyl (C=O) groups is 1. The lowest BCUT2D eigenvalue weighted by molar-refractivity contribution is -0.274. The second-order valence-corrected chi connectivity index (χ2v) is 2.92. The standard InChI is InChI=1S/C7H12O2/c1-7(2,3)6(9)4-5-8/h4-5,8H,1-3H3/p-1/b5-4+. The highest BCUT2D eigenvalue weighted by molar-refractivity contribution is 5.93. The maximum Gasteiger partial charge on any atom is 0.159 e. The van der Waals surface area contributed by atoms with Crippen LogP contribution in [-0.2, 0) is 4.79 Å². The Morgan fingerprint density at radius 3 is 2.00 bits per heavy atom. The first kappa shape index (κ1) is 8.21. The minimum Gasteiger partial charge on any atom is -0.878 e. The molecule has 0 radical (unpaired) electrons. The average Bonchev–Trinajstić information content (AvgIpc) is 1.64. The van der Waals surface area contributed by atoms with Gasteiger partial charge in [0.2, 0.25) is 0 Å². The normalized spacial score (nSPS) is 12.3. The molecule has 0 amide bonds. The Bertz CT molecular complexity index is 128. The molecule has 52 valence electrons. The van der Waals surface area contributed by atoms with Gasteiger partial charge in [0.25, 0.3) is 0 Å². The first-order chi connectivity index (χ1) is 3.98. The van der Waals surface area contributed by atoms with Gasteiger partial charge in [0, 0.05) is 5.41 Å². The third kappa shape index (κ3) is 2.90. The highest BCUT2D eigenvalue weighted by atomic mass is 16.2. The molecule has 0 saturated heterocycles. The zero-order chi connectivity index (χ0) is 7.49. The van der Waals surface area contributed by atoms with Crippen molar-refractivity contribution in [3.63, 3.8) is 0 Å². The molecule has 0 heterocycles. The van der Waals surface area contributed by atoms with Crippen LogP contribution in [0, 0.1) is 5.41 Å². The largest absolute Gasteiger partial charge is 0.878 e. The molecule has 0 aromatic rings.